The predicted octanol–water partition coefficient (Wildman–Crippen LogP) is 3.79. The monoisotopic (exact) mass is 419 g/mol. The highest BCUT2D eigenvalue weighted by Gasteiger charge is 1.99. The second-order valence-electron chi connectivity index (χ2n) is 6.16. The first-order valence-electron chi connectivity index (χ1n) is 7.73. The van der Waals surface area contributed by atoms with Crippen molar-refractivity contribution in [3.05, 3.63) is 29.8 Å². The molecule has 0 heterocycles. The van der Waals surface area contributed by atoms with Crippen molar-refractivity contribution in [2.45, 2.75) is 40.7 Å². The minimum atomic E-state index is 0. The molecular formula is C17H30IN3O. The van der Waals surface area contributed by atoms with Gasteiger partial charge in [-0.1, -0.05) is 39.8 Å². The lowest BCUT2D eigenvalue weighted by atomic mass is 10.1. The first-order chi connectivity index (χ1) is 9.97. The molecule has 1 rings (SSSR count). The molecule has 0 aliphatic heterocycles. The van der Waals surface area contributed by atoms with Crippen molar-refractivity contribution in [3.63, 3.8) is 0 Å². The van der Waals surface area contributed by atoms with Gasteiger partial charge in [0.05, 0.1) is 13.2 Å². The van der Waals surface area contributed by atoms with Crippen LogP contribution in [0.1, 0.15) is 39.7 Å². The number of guanidine groups is 1. The lowest BCUT2D eigenvalue weighted by Crippen LogP contribution is -2.32. The molecule has 0 spiro atoms. The summed E-state index contributed by atoms with van der Waals surface area (Å²) in [7, 11) is 0. The number of nitrogens with zero attached hydrogens (tertiary/aromatic N) is 1. The average Bonchev–Trinajstić information content (AvgIpc) is 2.43. The molecule has 0 aromatic heterocycles. The second-order valence-corrected chi connectivity index (χ2v) is 6.16. The summed E-state index contributed by atoms with van der Waals surface area (Å²) in [4.78, 5) is 4.34. The highest BCUT2D eigenvalue weighted by molar-refractivity contribution is 14.0. The minimum Gasteiger partial charge on any atom is -0.493 e. The molecule has 3 N–H and O–H groups in total. The molecular weight excluding hydrogens is 389 g/mol. The lowest BCUT2D eigenvalue weighted by molar-refractivity contribution is 0.271. The molecule has 0 unspecified atom stereocenters. The summed E-state index contributed by atoms with van der Waals surface area (Å²) in [5.41, 5.74) is 6.96. The highest BCUT2D eigenvalue weighted by atomic mass is 127. The molecule has 0 amide bonds. The van der Waals surface area contributed by atoms with Crippen LogP contribution in [0, 0.1) is 11.8 Å². The Morgan fingerprint density at radius 2 is 1.77 bits per heavy atom. The van der Waals surface area contributed by atoms with Gasteiger partial charge in [-0.3, -0.25) is 0 Å². The number of halogens is 1. The van der Waals surface area contributed by atoms with E-state index in [-0.39, 0.29) is 24.0 Å². The molecule has 0 aliphatic rings. The van der Waals surface area contributed by atoms with E-state index in [9.17, 15) is 0 Å². The third-order valence-corrected chi connectivity index (χ3v) is 2.97. The molecule has 0 saturated carbocycles. The predicted molar refractivity (Wildman–Crippen MR) is 105 cm³/mol. The van der Waals surface area contributed by atoms with Crippen molar-refractivity contribution in [1.29, 1.82) is 0 Å². The SMILES string of the molecule is CC(C)CCNC(N)=NCc1ccc(OCC(C)C)cc1.I. The number of aliphatic imine (C=N–C) groups is 1. The van der Waals surface area contributed by atoms with Crippen LogP contribution in [0.5, 0.6) is 5.75 Å². The van der Waals surface area contributed by atoms with Gasteiger partial charge >= 0.3 is 0 Å². The zero-order chi connectivity index (χ0) is 15.7. The number of hydrogen-bond acceptors (Lipinski definition) is 2. The van der Waals surface area contributed by atoms with Gasteiger partial charge in [-0.05, 0) is 36.0 Å². The van der Waals surface area contributed by atoms with Crippen LogP contribution in [0.2, 0.25) is 0 Å². The second kappa shape index (κ2) is 11.6. The van der Waals surface area contributed by atoms with Crippen molar-refractivity contribution in [2.75, 3.05) is 13.2 Å². The summed E-state index contributed by atoms with van der Waals surface area (Å²) in [6.45, 7) is 10.9. The van der Waals surface area contributed by atoms with Crippen LogP contribution in [0.25, 0.3) is 0 Å². The Morgan fingerprint density at radius 3 is 2.32 bits per heavy atom. The number of ether oxygens (including phenoxy) is 1. The molecule has 126 valence electrons. The van der Waals surface area contributed by atoms with Gasteiger partial charge in [0.25, 0.3) is 0 Å². The zero-order valence-electron chi connectivity index (χ0n) is 14.1. The van der Waals surface area contributed by atoms with E-state index < -0.39 is 0 Å². The fourth-order valence-electron chi connectivity index (χ4n) is 1.68. The molecule has 1 aromatic carbocycles. The molecule has 0 saturated heterocycles. The normalized spacial score (nSPS) is 11.5. The fraction of sp³-hybridized carbons (Fsp3) is 0.588. The third kappa shape index (κ3) is 9.87. The van der Waals surface area contributed by atoms with Crippen LogP contribution in [0.15, 0.2) is 29.3 Å². The summed E-state index contributed by atoms with van der Waals surface area (Å²) in [5, 5.41) is 3.13. The Hall–Kier alpha value is -0.980. The summed E-state index contributed by atoms with van der Waals surface area (Å²) >= 11 is 0. The number of rotatable bonds is 8. The van der Waals surface area contributed by atoms with Gasteiger partial charge in [-0.2, -0.15) is 0 Å². The highest BCUT2D eigenvalue weighted by Crippen LogP contribution is 2.13. The van der Waals surface area contributed by atoms with Crippen molar-refractivity contribution < 1.29 is 4.74 Å². The smallest absolute Gasteiger partial charge is 0.188 e. The number of nitrogens with two attached hydrogens (primary N) is 1. The van der Waals surface area contributed by atoms with Gasteiger partial charge in [0, 0.05) is 6.54 Å². The van der Waals surface area contributed by atoms with E-state index in [0.29, 0.717) is 24.3 Å². The number of hydrogen-bond donors (Lipinski definition) is 2. The quantitative estimate of drug-likeness (QED) is 0.383. The Kier molecular flexibility index (Phi) is 11.1. The van der Waals surface area contributed by atoms with E-state index in [1.807, 2.05) is 24.3 Å². The van der Waals surface area contributed by atoms with Gasteiger partial charge in [0.15, 0.2) is 5.96 Å². The Labute approximate surface area is 151 Å². The van der Waals surface area contributed by atoms with Gasteiger partial charge in [0.2, 0.25) is 0 Å². The number of benzene rings is 1. The maximum Gasteiger partial charge on any atom is 0.188 e. The largest absolute Gasteiger partial charge is 0.493 e. The van der Waals surface area contributed by atoms with Crippen LogP contribution in [-0.4, -0.2) is 19.1 Å². The van der Waals surface area contributed by atoms with Crippen LogP contribution in [-0.2, 0) is 6.54 Å². The first-order valence-corrected chi connectivity index (χ1v) is 7.73. The first kappa shape index (κ1) is 21.0. The van der Waals surface area contributed by atoms with E-state index in [1.165, 1.54) is 0 Å². The molecule has 0 bridgehead atoms. The lowest BCUT2D eigenvalue weighted by Gasteiger charge is -2.09. The summed E-state index contributed by atoms with van der Waals surface area (Å²) < 4.78 is 5.65. The van der Waals surface area contributed by atoms with E-state index in [2.05, 4.69) is 38.0 Å². The standard InChI is InChI=1S/C17H29N3O.HI/c1-13(2)9-10-19-17(18)20-11-15-5-7-16(8-6-15)21-12-14(3)4;/h5-8,13-14H,9-12H2,1-4H3,(H3,18,19,20);1H. The van der Waals surface area contributed by atoms with Crippen LogP contribution < -0.4 is 15.8 Å². The Morgan fingerprint density at radius 1 is 1.14 bits per heavy atom. The van der Waals surface area contributed by atoms with Crippen molar-refractivity contribution in [1.82, 2.24) is 5.32 Å². The van der Waals surface area contributed by atoms with Crippen LogP contribution in [0.3, 0.4) is 0 Å². The van der Waals surface area contributed by atoms with E-state index in [1.54, 1.807) is 0 Å². The van der Waals surface area contributed by atoms with E-state index in [4.69, 9.17) is 10.5 Å². The molecule has 5 heteroatoms. The fourth-order valence-corrected chi connectivity index (χ4v) is 1.68. The number of nitrogens with one attached hydrogen (secondary N) is 1. The zero-order valence-corrected chi connectivity index (χ0v) is 16.5. The van der Waals surface area contributed by atoms with Crippen LogP contribution in [0.4, 0.5) is 0 Å². The summed E-state index contributed by atoms with van der Waals surface area (Å²) in [6.07, 6.45) is 1.10. The molecule has 0 radical (unpaired) electrons. The molecule has 0 atom stereocenters. The van der Waals surface area contributed by atoms with Crippen LogP contribution >= 0.6 is 24.0 Å². The molecule has 0 fully saturated rings. The Balaban J connectivity index is 0.00000441. The van der Waals surface area contributed by atoms with Crippen molar-refractivity contribution in [2.24, 2.45) is 22.6 Å². The van der Waals surface area contributed by atoms with E-state index in [0.717, 1.165) is 30.9 Å². The minimum absolute atomic E-state index is 0. The van der Waals surface area contributed by atoms with Gasteiger partial charge < -0.3 is 15.8 Å². The van der Waals surface area contributed by atoms with Crippen molar-refractivity contribution in [3.8, 4) is 5.75 Å². The van der Waals surface area contributed by atoms with E-state index >= 15 is 0 Å². The molecule has 1 aromatic rings. The maximum atomic E-state index is 5.83. The average molecular weight is 419 g/mol. The van der Waals surface area contributed by atoms with Gasteiger partial charge in [-0.25, -0.2) is 4.99 Å². The Bertz CT molecular complexity index is 430. The maximum absolute atomic E-state index is 5.83. The topological polar surface area (TPSA) is 59.6 Å². The summed E-state index contributed by atoms with van der Waals surface area (Å²) in [5.74, 6) is 2.62. The van der Waals surface area contributed by atoms with Crippen molar-refractivity contribution >= 4 is 29.9 Å². The van der Waals surface area contributed by atoms with Gasteiger partial charge in [0.1, 0.15) is 5.75 Å². The molecule has 22 heavy (non-hydrogen) atoms. The molecule has 4 nitrogen and oxygen atoms in total. The van der Waals surface area contributed by atoms with Gasteiger partial charge in [-0.15, -0.1) is 24.0 Å². The third-order valence-electron chi connectivity index (χ3n) is 2.97. The molecule has 0 aliphatic carbocycles. The summed E-state index contributed by atoms with van der Waals surface area (Å²) in [6, 6.07) is 8.02.